The molecule has 0 heterocycles. The van der Waals surface area contributed by atoms with E-state index in [0.29, 0.717) is 11.5 Å². The van der Waals surface area contributed by atoms with Gasteiger partial charge in [0.2, 0.25) is 10.0 Å². The van der Waals surface area contributed by atoms with Crippen LogP contribution < -0.4 is 14.2 Å². The van der Waals surface area contributed by atoms with Gasteiger partial charge in [-0.05, 0) is 30.3 Å². The molecule has 2 aromatic rings. The lowest BCUT2D eigenvalue weighted by Crippen LogP contribution is -2.28. The normalized spacial score (nSPS) is 11.3. The van der Waals surface area contributed by atoms with Crippen LogP contribution in [0.4, 0.5) is 4.39 Å². The lowest BCUT2D eigenvalue weighted by atomic mass is 10.3. The van der Waals surface area contributed by atoms with Gasteiger partial charge >= 0.3 is 0 Å². The van der Waals surface area contributed by atoms with Crippen LogP contribution in [0.5, 0.6) is 11.5 Å². The van der Waals surface area contributed by atoms with Crippen molar-refractivity contribution in [1.29, 1.82) is 0 Å². The molecule has 0 saturated heterocycles. The molecule has 1 N–H and O–H groups in total. The van der Waals surface area contributed by atoms with E-state index >= 15 is 0 Å². The van der Waals surface area contributed by atoms with Crippen LogP contribution in [0.3, 0.4) is 0 Å². The molecule has 0 aliphatic heterocycles. The molecule has 0 fully saturated rings. The minimum atomic E-state index is -3.78. The Hall–Kier alpha value is -1.83. The van der Waals surface area contributed by atoms with E-state index in [1.807, 2.05) is 0 Å². The minimum Gasteiger partial charge on any atom is -0.493 e. The largest absolute Gasteiger partial charge is 0.493 e. The van der Waals surface area contributed by atoms with Gasteiger partial charge in [0.15, 0.2) is 11.5 Å². The van der Waals surface area contributed by atoms with E-state index in [0.717, 1.165) is 18.2 Å². The number of hydrogen-bond donors (Lipinski definition) is 1. The van der Waals surface area contributed by atoms with Crippen LogP contribution in [0.25, 0.3) is 0 Å². The Morgan fingerprint density at radius 2 is 1.87 bits per heavy atom. The van der Waals surface area contributed by atoms with E-state index in [1.165, 1.54) is 7.11 Å². The number of para-hydroxylation sites is 2. The molecule has 0 saturated carbocycles. The van der Waals surface area contributed by atoms with Crippen molar-refractivity contribution in [2.45, 2.75) is 4.90 Å². The molecular formula is C15H15ClFNO4S. The van der Waals surface area contributed by atoms with E-state index in [-0.39, 0.29) is 23.1 Å². The predicted molar refractivity (Wildman–Crippen MR) is 85.1 cm³/mol. The van der Waals surface area contributed by atoms with E-state index in [9.17, 15) is 12.8 Å². The van der Waals surface area contributed by atoms with Crippen LogP contribution in [0, 0.1) is 5.82 Å². The first-order valence-corrected chi connectivity index (χ1v) is 8.50. The fraction of sp³-hybridized carbons (Fsp3) is 0.200. The summed E-state index contributed by atoms with van der Waals surface area (Å²) in [7, 11) is -2.26. The molecule has 0 aromatic heterocycles. The molecule has 0 radical (unpaired) electrons. The topological polar surface area (TPSA) is 64.6 Å². The average Bonchev–Trinajstić information content (AvgIpc) is 2.54. The molecule has 0 spiro atoms. The van der Waals surface area contributed by atoms with Crippen molar-refractivity contribution >= 4 is 21.6 Å². The summed E-state index contributed by atoms with van der Waals surface area (Å²) in [4.78, 5) is -0.110. The Kier molecular flexibility index (Phi) is 5.81. The molecular weight excluding hydrogens is 345 g/mol. The summed E-state index contributed by atoms with van der Waals surface area (Å²) < 4.78 is 50.1. The van der Waals surface area contributed by atoms with E-state index in [1.54, 1.807) is 24.3 Å². The molecule has 2 rings (SSSR count). The van der Waals surface area contributed by atoms with Crippen molar-refractivity contribution in [3.63, 3.8) is 0 Å². The number of rotatable bonds is 7. The fourth-order valence-corrected chi connectivity index (χ4v) is 3.09. The molecule has 2 aromatic carbocycles. The number of halogens is 2. The van der Waals surface area contributed by atoms with Crippen LogP contribution in [0.2, 0.25) is 5.02 Å². The smallest absolute Gasteiger partial charge is 0.240 e. The third kappa shape index (κ3) is 4.57. The predicted octanol–water partition coefficient (Wildman–Crippen LogP) is 2.85. The summed E-state index contributed by atoms with van der Waals surface area (Å²) in [5.41, 5.74) is 0. The lowest BCUT2D eigenvalue weighted by Gasteiger charge is -2.11. The molecule has 0 bridgehead atoms. The van der Waals surface area contributed by atoms with Crippen LogP contribution >= 0.6 is 11.6 Å². The van der Waals surface area contributed by atoms with Crippen LogP contribution in [0.15, 0.2) is 47.4 Å². The number of sulfonamides is 1. The van der Waals surface area contributed by atoms with Gasteiger partial charge in [0.05, 0.1) is 17.0 Å². The highest BCUT2D eigenvalue weighted by Gasteiger charge is 2.15. The maximum atomic E-state index is 13.1. The number of benzene rings is 2. The zero-order valence-corrected chi connectivity index (χ0v) is 13.8. The second kappa shape index (κ2) is 7.63. The zero-order chi connectivity index (χ0) is 16.9. The average molecular weight is 360 g/mol. The molecule has 23 heavy (non-hydrogen) atoms. The van der Waals surface area contributed by atoms with Gasteiger partial charge in [0.1, 0.15) is 12.4 Å². The van der Waals surface area contributed by atoms with Crippen molar-refractivity contribution in [1.82, 2.24) is 4.72 Å². The number of methoxy groups -OCH3 is 1. The first-order chi connectivity index (χ1) is 10.9. The molecule has 0 aliphatic rings. The van der Waals surface area contributed by atoms with Gasteiger partial charge in [-0.15, -0.1) is 0 Å². The molecule has 8 heteroatoms. The third-order valence-electron chi connectivity index (χ3n) is 2.92. The first kappa shape index (κ1) is 17.5. The van der Waals surface area contributed by atoms with Crippen molar-refractivity contribution in [3.05, 3.63) is 53.3 Å². The van der Waals surface area contributed by atoms with Crippen LogP contribution in [-0.2, 0) is 10.0 Å². The summed E-state index contributed by atoms with van der Waals surface area (Å²) in [6.07, 6.45) is 0. The van der Waals surface area contributed by atoms with Crippen molar-refractivity contribution in [3.8, 4) is 11.5 Å². The second-order valence-corrected chi connectivity index (χ2v) is 6.65. The monoisotopic (exact) mass is 359 g/mol. The molecule has 5 nitrogen and oxygen atoms in total. The second-order valence-electron chi connectivity index (χ2n) is 4.47. The molecule has 0 amide bonds. The maximum Gasteiger partial charge on any atom is 0.240 e. The zero-order valence-electron chi connectivity index (χ0n) is 12.3. The molecule has 0 atom stereocenters. The summed E-state index contributed by atoms with van der Waals surface area (Å²) in [5.74, 6) is 0.393. The highest BCUT2D eigenvalue weighted by Crippen LogP contribution is 2.25. The summed E-state index contributed by atoms with van der Waals surface area (Å²) in [6, 6.07) is 10.2. The van der Waals surface area contributed by atoms with Gasteiger partial charge in [0.25, 0.3) is 0 Å². The Morgan fingerprint density at radius 3 is 2.52 bits per heavy atom. The summed E-state index contributed by atoms with van der Waals surface area (Å²) >= 11 is 5.59. The van der Waals surface area contributed by atoms with E-state index < -0.39 is 15.8 Å². The van der Waals surface area contributed by atoms with Gasteiger partial charge in [-0.1, -0.05) is 23.7 Å². The molecule has 124 valence electrons. The van der Waals surface area contributed by atoms with Gasteiger partial charge in [-0.2, -0.15) is 0 Å². The maximum absolute atomic E-state index is 13.1. The SMILES string of the molecule is COc1ccccc1OCCNS(=O)(=O)c1ccc(F)c(Cl)c1. The van der Waals surface area contributed by atoms with Gasteiger partial charge < -0.3 is 9.47 Å². The Bertz CT molecular complexity index is 783. The highest BCUT2D eigenvalue weighted by atomic mass is 35.5. The first-order valence-electron chi connectivity index (χ1n) is 6.64. The Labute approximate surface area is 139 Å². The Morgan fingerprint density at radius 1 is 1.17 bits per heavy atom. The number of nitrogens with one attached hydrogen (secondary N) is 1. The van der Waals surface area contributed by atoms with E-state index in [2.05, 4.69) is 4.72 Å². The highest BCUT2D eigenvalue weighted by molar-refractivity contribution is 7.89. The van der Waals surface area contributed by atoms with Gasteiger partial charge in [0, 0.05) is 6.54 Å². The van der Waals surface area contributed by atoms with E-state index in [4.69, 9.17) is 21.1 Å². The minimum absolute atomic E-state index is 0.0371. The quantitative estimate of drug-likeness (QED) is 0.772. The van der Waals surface area contributed by atoms with Gasteiger partial charge in [-0.25, -0.2) is 17.5 Å². The van der Waals surface area contributed by atoms with Crippen molar-refractivity contribution in [2.24, 2.45) is 0 Å². The van der Waals surface area contributed by atoms with Gasteiger partial charge in [-0.3, -0.25) is 0 Å². The lowest BCUT2D eigenvalue weighted by molar-refractivity contribution is 0.298. The molecule has 0 aliphatic carbocycles. The fourth-order valence-electron chi connectivity index (χ4n) is 1.80. The number of hydrogen-bond acceptors (Lipinski definition) is 4. The summed E-state index contributed by atoms with van der Waals surface area (Å²) in [6.45, 7) is 0.143. The van der Waals surface area contributed by atoms with Crippen molar-refractivity contribution < 1.29 is 22.3 Å². The summed E-state index contributed by atoms with van der Waals surface area (Å²) in [5, 5.41) is -0.252. The molecule has 0 unspecified atom stereocenters. The van der Waals surface area contributed by atoms with Crippen molar-refractivity contribution in [2.75, 3.05) is 20.3 Å². The van der Waals surface area contributed by atoms with Crippen LogP contribution in [-0.4, -0.2) is 28.7 Å². The Balaban J connectivity index is 1.93. The standard InChI is InChI=1S/C15H15ClFNO4S/c1-21-14-4-2-3-5-15(14)22-9-8-18-23(19,20)11-6-7-13(17)12(16)10-11/h2-7,10,18H,8-9H2,1H3. The van der Waals surface area contributed by atoms with Crippen LogP contribution in [0.1, 0.15) is 0 Å². The number of ether oxygens (including phenoxy) is 2. The third-order valence-corrected chi connectivity index (χ3v) is 4.67.